The summed E-state index contributed by atoms with van der Waals surface area (Å²) in [5.74, 6) is -3.68. The van der Waals surface area contributed by atoms with E-state index >= 15 is 0 Å². The zero-order valence-corrected chi connectivity index (χ0v) is 11.1. The Bertz CT molecular complexity index is 751. The fourth-order valence-electron chi connectivity index (χ4n) is 1.54. The molecule has 0 amide bonds. The van der Waals surface area contributed by atoms with E-state index in [1.165, 1.54) is 0 Å². The Morgan fingerprint density at radius 1 is 1.32 bits per heavy atom. The van der Waals surface area contributed by atoms with Gasteiger partial charge in [0.1, 0.15) is 5.82 Å². The van der Waals surface area contributed by atoms with E-state index in [9.17, 15) is 23.7 Å². The summed E-state index contributed by atoms with van der Waals surface area (Å²) in [7, 11) is 1.10. The molecular weight excluding hydrogens is 302 g/mol. The molecule has 1 heterocycles. The molecule has 1 aromatic carbocycles. The number of pyridine rings is 1. The van der Waals surface area contributed by atoms with Gasteiger partial charge in [0.05, 0.1) is 17.6 Å². The van der Waals surface area contributed by atoms with Crippen molar-refractivity contribution in [2.45, 2.75) is 0 Å². The third-order valence-electron chi connectivity index (χ3n) is 2.55. The number of esters is 1. The first kappa shape index (κ1) is 15.3. The zero-order chi connectivity index (χ0) is 16.3. The van der Waals surface area contributed by atoms with Crippen molar-refractivity contribution >= 4 is 11.7 Å². The second kappa shape index (κ2) is 6.12. The Morgan fingerprint density at radius 2 is 2.05 bits per heavy atom. The standard InChI is InChI=1S/C13H8F2N2O5/c1-21-13(18)7-4-10(17(19)20)12(16-6-7)22-11-3-2-8(14)5-9(11)15/h2-6H,1H3. The number of methoxy groups -OCH3 is 1. The van der Waals surface area contributed by atoms with E-state index in [4.69, 9.17) is 4.74 Å². The predicted molar refractivity (Wildman–Crippen MR) is 68.7 cm³/mol. The van der Waals surface area contributed by atoms with Gasteiger partial charge >= 0.3 is 11.7 Å². The van der Waals surface area contributed by atoms with Crippen LogP contribution in [0.2, 0.25) is 0 Å². The van der Waals surface area contributed by atoms with E-state index < -0.39 is 39.8 Å². The summed E-state index contributed by atoms with van der Waals surface area (Å²) in [5.41, 5.74) is -0.826. The molecule has 0 aliphatic heterocycles. The van der Waals surface area contributed by atoms with Gasteiger partial charge in [0.15, 0.2) is 11.6 Å². The first-order valence-electron chi connectivity index (χ1n) is 5.78. The average molecular weight is 310 g/mol. The van der Waals surface area contributed by atoms with E-state index in [-0.39, 0.29) is 5.56 Å². The topological polar surface area (TPSA) is 91.6 Å². The highest BCUT2D eigenvalue weighted by Gasteiger charge is 2.22. The molecule has 22 heavy (non-hydrogen) atoms. The van der Waals surface area contributed by atoms with Gasteiger partial charge in [-0.25, -0.2) is 18.6 Å². The minimum absolute atomic E-state index is 0.166. The largest absolute Gasteiger partial charge is 0.465 e. The maximum Gasteiger partial charge on any atom is 0.339 e. The number of aromatic nitrogens is 1. The molecule has 0 unspecified atom stereocenters. The smallest absolute Gasteiger partial charge is 0.339 e. The number of nitro groups is 1. The number of hydrogen-bond acceptors (Lipinski definition) is 6. The van der Waals surface area contributed by atoms with Crippen molar-refractivity contribution in [2.24, 2.45) is 0 Å². The fourth-order valence-corrected chi connectivity index (χ4v) is 1.54. The minimum atomic E-state index is -1.05. The minimum Gasteiger partial charge on any atom is -0.465 e. The molecule has 0 aliphatic rings. The number of halogens is 2. The van der Waals surface area contributed by atoms with Gasteiger partial charge in [-0.1, -0.05) is 0 Å². The summed E-state index contributed by atoms with van der Waals surface area (Å²) in [5, 5.41) is 11.0. The van der Waals surface area contributed by atoms with Gasteiger partial charge in [-0.05, 0) is 12.1 Å². The van der Waals surface area contributed by atoms with Crippen molar-refractivity contribution in [2.75, 3.05) is 7.11 Å². The highest BCUT2D eigenvalue weighted by Crippen LogP contribution is 2.31. The molecule has 1 aromatic heterocycles. The molecule has 0 fully saturated rings. The monoisotopic (exact) mass is 310 g/mol. The zero-order valence-electron chi connectivity index (χ0n) is 11.1. The molecule has 0 saturated heterocycles. The molecule has 0 radical (unpaired) electrons. The molecular formula is C13H8F2N2O5. The average Bonchev–Trinajstić information content (AvgIpc) is 2.49. The maximum atomic E-state index is 13.5. The Balaban J connectivity index is 2.42. The van der Waals surface area contributed by atoms with Gasteiger partial charge in [-0.15, -0.1) is 0 Å². The van der Waals surface area contributed by atoms with Crippen LogP contribution in [0.15, 0.2) is 30.5 Å². The summed E-state index contributed by atoms with van der Waals surface area (Å²) >= 11 is 0. The third kappa shape index (κ3) is 3.14. The highest BCUT2D eigenvalue weighted by molar-refractivity contribution is 5.89. The summed E-state index contributed by atoms with van der Waals surface area (Å²) < 4.78 is 35.7. The Kier molecular flexibility index (Phi) is 4.25. The van der Waals surface area contributed by atoms with E-state index in [1.807, 2.05) is 0 Å². The lowest BCUT2D eigenvalue weighted by atomic mass is 10.2. The van der Waals surface area contributed by atoms with Crippen molar-refractivity contribution in [3.8, 4) is 11.6 Å². The fraction of sp³-hybridized carbons (Fsp3) is 0.0769. The van der Waals surface area contributed by atoms with Crippen LogP contribution in [-0.2, 0) is 4.74 Å². The first-order chi connectivity index (χ1) is 10.4. The first-order valence-corrected chi connectivity index (χ1v) is 5.78. The van der Waals surface area contributed by atoms with Crippen LogP contribution < -0.4 is 4.74 Å². The van der Waals surface area contributed by atoms with Crippen molar-refractivity contribution < 1.29 is 28.0 Å². The molecule has 114 valence electrons. The van der Waals surface area contributed by atoms with E-state index in [1.54, 1.807) is 0 Å². The van der Waals surface area contributed by atoms with Gasteiger partial charge in [0.25, 0.3) is 5.88 Å². The molecule has 9 heteroatoms. The molecule has 0 atom stereocenters. The van der Waals surface area contributed by atoms with Gasteiger partial charge in [-0.2, -0.15) is 0 Å². The summed E-state index contributed by atoms with van der Waals surface area (Å²) in [6.45, 7) is 0. The van der Waals surface area contributed by atoms with Crippen LogP contribution in [0.1, 0.15) is 10.4 Å². The lowest BCUT2D eigenvalue weighted by molar-refractivity contribution is -0.386. The third-order valence-corrected chi connectivity index (χ3v) is 2.55. The Labute approximate surface area is 122 Å². The Hall–Kier alpha value is -3.10. The second-order valence-electron chi connectivity index (χ2n) is 3.97. The quantitative estimate of drug-likeness (QED) is 0.490. The number of rotatable bonds is 4. The van der Waals surface area contributed by atoms with E-state index in [0.717, 1.165) is 31.5 Å². The van der Waals surface area contributed by atoms with Crippen molar-refractivity contribution in [1.82, 2.24) is 4.98 Å². The lowest BCUT2D eigenvalue weighted by Gasteiger charge is -2.07. The Morgan fingerprint density at radius 3 is 2.64 bits per heavy atom. The van der Waals surface area contributed by atoms with Crippen LogP contribution in [0.3, 0.4) is 0 Å². The second-order valence-corrected chi connectivity index (χ2v) is 3.97. The SMILES string of the molecule is COC(=O)c1cnc(Oc2ccc(F)cc2F)c([N+](=O)[O-])c1. The molecule has 0 aliphatic carbocycles. The number of hydrogen-bond donors (Lipinski definition) is 0. The molecule has 0 saturated carbocycles. The molecule has 2 rings (SSSR count). The summed E-state index contributed by atoms with van der Waals surface area (Å²) in [6, 6.07) is 3.33. The van der Waals surface area contributed by atoms with E-state index in [0.29, 0.717) is 6.07 Å². The summed E-state index contributed by atoms with van der Waals surface area (Å²) in [4.78, 5) is 25.1. The maximum absolute atomic E-state index is 13.5. The molecule has 0 bridgehead atoms. The highest BCUT2D eigenvalue weighted by atomic mass is 19.1. The van der Waals surface area contributed by atoms with Crippen molar-refractivity contribution in [1.29, 1.82) is 0 Å². The van der Waals surface area contributed by atoms with E-state index in [2.05, 4.69) is 9.72 Å². The lowest BCUT2D eigenvalue weighted by Crippen LogP contribution is -2.05. The van der Waals surface area contributed by atoms with Crippen molar-refractivity contribution in [3.63, 3.8) is 0 Å². The van der Waals surface area contributed by atoms with Crippen LogP contribution in [0.4, 0.5) is 14.5 Å². The normalized spacial score (nSPS) is 10.1. The predicted octanol–water partition coefficient (Wildman–Crippen LogP) is 2.85. The van der Waals surface area contributed by atoms with Crippen molar-refractivity contribution in [3.05, 3.63) is 57.8 Å². The molecule has 7 nitrogen and oxygen atoms in total. The van der Waals surface area contributed by atoms with Gasteiger partial charge < -0.3 is 9.47 Å². The van der Waals surface area contributed by atoms with Gasteiger partial charge in [0, 0.05) is 18.3 Å². The van der Waals surface area contributed by atoms with Crippen LogP contribution in [-0.4, -0.2) is 23.0 Å². The summed E-state index contributed by atoms with van der Waals surface area (Å²) in [6.07, 6.45) is 0.982. The number of benzene rings is 1. The molecule has 0 spiro atoms. The number of carbonyl (C=O) groups excluding carboxylic acids is 1. The van der Waals surface area contributed by atoms with Crippen LogP contribution in [0, 0.1) is 21.7 Å². The molecule has 2 aromatic rings. The van der Waals surface area contributed by atoms with Crippen LogP contribution in [0.5, 0.6) is 11.6 Å². The number of ether oxygens (including phenoxy) is 2. The van der Waals surface area contributed by atoms with Gasteiger partial charge in [-0.3, -0.25) is 10.1 Å². The number of nitrogens with zero attached hydrogens (tertiary/aromatic N) is 2. The van der Waals surface area contributed by atoms with Crippen LogP contribution in [0.25, 0.3) is 0 Å². The van der Waals surface area contributed by atoms with Gasteiger partial charge in [0.2, 0.25) is 0 Å². The van der Waals surface area contributed by atoms with Crippen LogP contribution >= 0.6 is 0 Å². The molecule has 0 N–H and O–H groups in total. The number of carbonyl (C=O) groups is 1.